The van der Waals surface area contributed by atoms with Gasteiger partial charge in [-0.15, -0.1) is 4.91 Å². The van der Waals surface area contributed by atoms with Crippen LogP contribution in [0.25, 0.3) is 0 Å². The summed E-state index contributed by atoms with van der Waals surface area (Å²) in [4.78, 5) is 32.5. The molecule has 0 bridgehead atoms. The summed E-state index contributed by atoms with van der Waals surface area (Å²) < 4.78 is 0. The smallest absolute Gasteiger partial charge is 0.336 e. The molecule has 1 N–H and O–H groups in total. The van der Waals surface area contributed by atoms with Crippen LogP contribution < -0.4 is 0 Å². The van der Waals surface area contributed by atoms with Crippen LogP contribution in [0.2, 0.25) is 0 Å². The number of carbonyl (C=O) groups is 2. The molecule has 0 aliphatic carbocycles. The molecule has 0 radical (unpaired) electrons. The fraction of sp³-hybridized carbons (Fsp3) is 0.333. The summed E-state index contributed by atoms with van der Waals surface area (Å²) in [6.07, 6.45) is 1.12. The van der Waals surface area contributed by atoms with E-state index < -0.39 is 5.97 Å². The second-order valence-electron chi connectivity index (χ2n) is 3.63. The van der Waals surface area contributed by atoms with Crippen molar-refractivity contribution in [2.24, 2.45) is 5.18 Å². The van der Waals surface area contributed by atoms with Gasteiger partial charge < -0.3 is 5.11 Å². The van der Waals surface area contributed by atoms with Gasteiger partial charge in [0, 0.05) is 12.8 Å². The molecule has 5 nitrogen and oxygen atoms in total. The highest BCUT2D eigenvalue weighted by Crippen LogP contribution is 2.19. The molecule has 0 fully saturated rings. The zero-order valence-corrected chi connectivity index (χ0v) is 9.47. The predicted molar refractivity (Wildman–Crippen MR) is 62.5 cm³/mol. The number of rotatable bonds is 6. The van der Waals surface area contributed by atoms with Crippen molar-refractivity contribution in [2.75, 3.05) is 0 Å². The maximum atomic E-state index is 11.2. The summed E-state index contributed by atoms with van der Waals surface area (Å²) in [7, 11) is 0. The number of carbonyl (C=O) groups excluding carboxylic acids is 1. The van der Waals surface area contributed by atoms with Crippen LogP contribution in [0.5, 0.6) is 0 Å². The van der Waals surface area contributed by atoms with Crippen molar-refractivity contribution in [3.05, 3.63) is 34.2 Å². The van der Waals surface area contributed by atoms with Gasteiger partial charge >= 0.3 is 5.97 Å². The minimum absolute atomic E-state index is 0.0333. The molecule has 0 saturated carbocycles. The maximum absolute atomic E-state index is 11.2. The Kier molecular flexibility index (Phi) is 4.51. The lowest BCUT2D eigenvalue weighted by Crippen LogP contribution is -2.05. The fourth-order valence-electron chi connectivity index (χ4n) is 1.49. The van der Waals surface area contributed by atoms with E-state index in [-0.39, 0.29) is 17.0 Å². The first-order chi connectivity index (χ1) is 8.08. The number of hydrogen-bond acceptors (Lipinski definition) is 4. The summed E-state index contributed by atoms with van der Waals surface area (Å²) in [6, 6.07) is 4.20. The van der Waals surface area contributed by atoms with E-state index in [2.05, 4.69) is 5.18 Å². The quantitative estimate of drug-likeness (QED) is 0.768. The van der Waals surface area contributed by atoms with E-state index in [0.29, 0.717) is 24.8 Å². The molecule has 1 rings (SSSR count). The Hall–Kier alpha value is -2.04. The number of nitrogens with zero attached hydrogens (tertiary/aromatic N) is 1. The van der Waals surface area contributed by atoms with E-state index in [9.17, 15) is 14.5 Å². The largest absolute Gasteiger partial charge is 0.478 e. The molecule has 0 spiro atoms. The molecule has 0 unspecified atom stereocenters. The Balaban J connectivity index is 2.94. The van der Waals surface area contributed by atoms with Crippen LogP contribution in [0.1, 0.15) is 35.7 Å². The minimum Gasteiger partial charge on any atom is -0.478 e. The highest BCUT2D eigenvalue weighted by molar-refractivity contribution is 5.90. The normalized spacial score (nSPS) is 9.94. The number of aromatic carboxylic acids is 1. The number of nitroso groups, excluding NO2 is 1. The van der Waals surface area contributed by atoms with Gasteiger partial charge in [0.05, 0.1) is 5.56 Å². The topological polar surface area (TPSA) is 83.8 Å². The van der Waals surface area contributed by atoms with Gasteiger partial charge in [0.25, 0.3) is 0 Å². The average Bonchev–Trinajstić information content (AvgIpc) is 2.35. The Morgan fingerprint density at radius 1 is 1.35 bits per heavy atom. The minimum atomic E-state index is -1.12. The lowest BCUT2D eigenvalue weighted by Gasteiger charge is -2.05. The van der Waals surface area contributed by atoms with E-state index in [4.69, 9.17) is 5.11 Å². The number of carboxylic acid groups (broad SMARTS) is 1. The van der Waals surface area contributed by atoms with Crippen molar-refractivity contribution in [3.8, 4) is 0 Å². The number of Topliss-reactive ketones (excluding diaryl/α,β-unsaturated/α-hetero) is 1. The van der Waals surface area contributed by atoms with E-state index in [1.807, 2.05) is 0 Å². The van der Waals surface area contributed by atoms with Gasteiger partial charge in [0.15, 0.2) is 0 Å². The van der Waals surface area contributed by atoms with Crippen molar-refractivity contribution < 1.29 is 14.7 Å². The molecule has 0 aromatic heterocycles. The number of hydrogen-bond donors (Lipinski definition) is 1. The van der Waals surface area contributed by atoms with E-state index in [0.717, 1.165) is 0 Å². The van der Waals surface area contributed by atoms with Gasteiger partial charge in [-0.2, -0.15) is 0 Å². The molecular formula is C12H13NO4. The summed E-state index contributed by atoms with van der Waals surface area (Å²) >= 11 is 0. The van der Waals surface area contributed by atoms with Crippen molar-refractivity contribution in [3.63, 3.8) is 0 Å². The highest BCUT2D eigenvalue weighted by atomic mass is 16.4. The second-order valence-corrected chi connectivity index (χ2v) is 3.63. The first-order valence-electron chi connectivity index (χ1n) is 5.29. The molecule has 1 aromatic rings. The third-order valence-electron chi connectivity index (χ3n) is 2.50. The van der Waals surface area contributed by atoms with Crippen LogP contribution in [0.3, 0.4) is 0 Å². The van der Waals surface area contributed by atoms with Crippen LogP contribution in [-0.4, -0.2) is 16.9 Å². The molecule has 0 amide bonds. The SMILES string of the molecule is CCC(=O)CCc1ccc(N=O)cc1C(=O)O. The Bertz CT molecular complexity index is 454. The Morgan fingerprint density at radius 3 is 2.59 bits per heavy atom. The maximum Gasteiger partial charge on any atom is 0.336 e. The molecule has 90 valence electrons. The van der Waals surface area contributed by atoms with Gasteiger partial charge in [0.1, 0.15) is 11.5 Å². The fourth-order valence-corrected chi connectivity index (χ4v) is 1.49. The van der Waals surface area contributed by atoms with Crippen LogP contribution >= 0.6 is 0 Å². The zero-order valence-electron chi connectivity index (χ0n) is 9.47. The Labute approximate surface area is 98.4 Å². The molecule has 1 aromatic carbocycles. The molecule has 0 atom stereocenters. The lowest BCUT2D eigenvalue weighted by molar-refractivity contribution is -0.118. The molecular weight excluding hydrogens is 222 g/mol. The average molecular weight is 235 g/mol. The van der Waals surface area contributed by atoms with Gasteiger partial charge in [-0.05, 0) is 29.3 Å². The van der Waals surface area contributed by atoms with Gasteiger partial charge in [-0.25, -0.2) is 4.79 Å². The first kappa shape index (κ1) is 13.0. The molecule has 0 saturated heterocycles. The molecule has 5 heteroatoms. The number of ketones is 1. The van der Waals surface area contributed by atoms with E-state index in [1.54, 1.807) is 6.92 Å². The summed E-state index contributed by atoms with van der Waals surface area (Å²) in [5, 5.41) is 11.7. The van der Waals surface area contributed by atoms with E-state index in [1.165, 1.54) is 18.2 Å². The first-order valence-corrected chi connectivity index (χ1v) is 5.29. The second kappa shape index (κ2) is 5.89. The van der Waals surface area contributed by atoms with Gasteiger partial charge in [-0.1, -0.05) is 13.0 Å². The van der Waals surface area contributed by atoms with Crippen molar-refractivity contribution in [1.29, 1.82) is 0 Å². The predicted octanol–water partition coefficient (Wildman–Crippen LogP) is 2.69. The third kappa shape index (κ3) is 3.48. The van der Waals surface area contributed by atoms with Crippen LogP contribution in [-0.2, 0) is 11.2 Å². The third-order valence-corrected chi connectivity index (χ3v) is 2.50. The standard InChI is InChI=1S/C12H13NO4/c1-2-10(14)6-4-8-3-5-9(13-17)7-11(8)12(15)16/h3,5,7H,2,4,6H2,1H3,(H,15,16). The number of aryl methyl sites for hydroxylation is 1. The molecule has 0 aliphatic heterocycles. The Morgan fingerprint density at radius 2 is 2.06 bits per heavy atom. The lowest BCUT2D eigenvalue weighted by atomic mass is 10.0. The summed E-state index contributed by atoms with van der Waals surface area (Å²) in [6.45, 7) is 1.76. The van der Waals surface area contributed by atoms with Crippen molar-refractivity contribution >= 4 is 17.4 Å². The zero-order chi connectivity index (χ0) is 12.8. The number of benzene rings is 1. The van der Waals surface area contributed by atoms with Crippen LogP contribution in [0, 0.1) is 4.91 Å². The van der Waals surface area contributed by atoms with Crippen LogP contribution in [0.4, 0.5) is 5.69 Å². The van der Waals surface area contributed by atoms with Crippen molar-refractivity contribution in [2.45, 2.75) is 26.2 Å². The highest BCUT2D eigenvalue weighted by Gasteiger charge is 2.12. The monoisotopic (exact) mass is 235 g/mol. The number of carboxylic acids is 1. The van der Waals surface area contributed by atoms with Crippen molar-refractivity contribution in [1.82, 2.24) is 0 Å². The van der Waals surface area contributed by atoms with Gasteiger partial charge in [0.2, 0.25) is 0 Å². The summed E-state index contributed by atoms with van der Waals surface area (Å²) in [5.41, 5.74) is 0.658. The van der Waals surface area contributed by atoms with E-state index >= 15 is 0 Å². The molecule has 17 heavy (non-hydrogen) atoms. The molecule has 0 aliphatic rings. The van der Waals surface area contributed by atoms with Gasteiger partial charge in [-0.3, -0.25) is 4.79 Å². The summed E-state index contributed by atoms with van der Waals surface area (Å²) in [5.74, 6) is -1.03. The molecule has 0 heterocycles. The van der Waals surface area contributed by atoms with Crippen LogP contribution in [0.15, 0.2) is 23.4 Å².